The van der Waals surface area contributed by atoms with E-state index in [1.807, 2.05) is 41.5 Å². The number of aliphatic hydroxyl groups excluding tert-OH is 1. The first-order chi connectivity index (χ1) is 19.3. The van der Waals surface area contributed by atoms with Crippen molar-refractivity contribution in [3.8, 4) is 6.07 Å². The molecule has 0 aliphatic carbocycles. The number of hydroxylamine groups is 6. The van der Waals surface area contributed by atoms with Crippen LogP contribution >= 0.6 is 12.2 Å². The van der Waals surface area contributed by atoms with Gasteiger partial charge in [-0.25, -0.2) is 4.99 Å². The van der Waals surface area contributed by atoms with Crippen LogP contribution in [0, 0.1) is 23.2 Å². The average Bonchev–Trinajstić information content (AvgIpc) is 2.90. The molecule has 7 unspecified atom stereocenters. The molecule has 3 fully saturated rings. The lowest BCUT2D eigenvalue weighted by Crippen LogP contribution is -2.65. The fraction of sp³-hybridized carbons (Fsp3) is 0.935. The van der Waals surface area contributed by atoms with E-state index in [0.29, 0.717) is 64.4 Å². The molecule has 3 rings (SSSR count). The molecule has 11 heteroatoms. The predicted molar refractivity (Wildman–Crippen MR) is 163 cm³/mol. The number of aliphatic imine (C=N–C) groups is 1. The summed E-state index contributed by atoms with van der Waals surface area (Å²) in [5.74, 6) is 0.0327. The molecule has 3 aliphatic heterocycles. The Morgan fingerprint density at radius 3 is 1.64 bits per heavy atom. The smallest absolute Gasteiger partial charge is 0.143 e. The zero-order valence-electron chi connectivity index (χ0n) is 27.1. The second kappa shape index (κ2) is 12.8. The number of hydrogen-bond donors (Lipinski definition) is 4. The molecule has 0 aromatic heterocycles. The molecule has 0 aromatic carbocycles. The van der Waals surface area contributed by atoms with Crippen molar-refractivity contribution in [2.45, 2.75) is 159 Å². The van der Waals surface area contributed by atoms with Gasteiger partial charge in [-0.2, -0.15) is 20.5 Å². The lowest BCUT2D eigenvalue weighted by atomic mass is 9.67. The van der Waals surface area contributed by atoms with Gasteiger partial charge in [0.15, 0.2) is 0 Å². The molecule has 0 radical (unpaired) electrons. The minimum absolute atomic E-state index is 0.125. The van der Waals surface area contributed by atoms with Gasteiger partial charge in [0.1, 0.15) is 6.79 Å². The van der Waals surface area contributed by atoms with Crippen LogP contribution in [0.25, 0.3) is 0 Å². The molecule has 4 N–H and O–H groups in total. The largest absolute Gasteiger partial charge is 0.371 e. The monoisotopic (exact) mass is 609 g/mol. The third-order valence-electron chi connectivity index (χ3n) is 10.8. The van der Waals surface area contributed by atoms with Crippen LogP contribution in [0.15, 0.2) is 4.99 Å². The number of thiocarbonyl (C=S) groups is 1. The normalized spacial score (nSPS) is 41.2. The van der Waals surface area contributed by atoms with Gasteiger partial charge < -0.3 is 25.5 Å². The molecule has 42 heavy (non-hydrogen) atoms. The molecular weight excluding hydrogens is 554 g/mol. The Morgan fingerprint density at radius 1 is 0.738 bits per heavy atom. The van der Waals surface area contributed by atoms with Crippen molar-refractivity contribution >= 4 is 17.4 Å². The molecule has 0 amide bonds. The summed E-state index contributed by atoms with van der Waals surface area (Å²) in [5, 5.41) is 60.5. The van der Waals surface area contributed by atoms with Crippen LogP contribution in [0.2, 0.25) is 0 Å². The fourth-order valence-electron chi connectivity index (χ4n) is 8.83. The van der Waals surface area contributed by atoms with Gasteiger partial charge in [-0.3, -0.25) is 0 Å². The number of hydrogen-bond acceptors (Lipinski definition) is 11. The Bertz CT molecular complexity index is 1050. The molecule has 0 aromatic rings. The van der Waals surface area contributed by atoms with Crippen molar-refractivity contribution in [1.29, 1.82) is 5.26 Å². The van der Waals surface area contributed by atoms with E-state index in [1.54, 1.807) is 0 Å². The number of isothiocyanates is 1. The molecule has 3 heterocycles. The highest BCUT2D eigenvalue weighted by molar-refractivity contribution is 7.78. The fourth-order valence-corrected chi connectivity index (χ4v) is 8.98. The molecule has 240 valence electrons. The number of nitrogens with zero attached hydrogens (tertiary/aromatic N) is 5. The molecule has 3 aliphatic rings. The van der Waals surface area contributed by atoms with E-state index in [2.05, 4.69) is 30.1 Å². The maximum Gasteiger partial charge on any atom is 0.143 e. The van der Waals surface area contributed by atoms with Crippen LogP contribution in [0.5, 0.6) is 0 Å². The molecule has 3 saturated heterocycles. The van der Waals surface area contributed by atoms with Gasteiger partial charge >= 0.3 is 0 Å². The van der Waals surface area contributed by atoms with E-state index < -0.39 is 33.2 Å². The van der Waals surface area contributed by atoms with E-state index >= 15 is 0 Å². The van der Waals surface area contributed by atoms with Crippen LogP contribution in [0.3, 0.4) is 0 Å². The SMILES string of the molecule is CC1(C)CC(C#N)CC(C)(CCC2(C)CC(N=C=S)CC(C)(CCC3(C)CC(COCO)CC(C)(C)N3O)N2O)N1O. The Morgan fingerprint density at radius 2 is 1.19 bits per heavy atom. The van der Waals surface area contributed by atoms with Crippen molar-refractivity contribution in [2.24, 2.45) is 16.8 Å². The topological polar surface area (TPSA) is 136 Å². The van der Waals surface area contributed by atoms with Crippen LogP contribution in [0.1, 0.15) is 120 Å². The van der Waals surface area contributed by atoms with Crippen LogP contribution in [0.4, 0.5) is 0 Å². The van der Waals surface area contributed by atoms with Crippen molar-refractivity contribution < 1.29 is 25.5 Å². The Labute approximate surface area is 258 Å². The highest BCUT2D eigenvalue weighted by Gasteiger charge is 2.54. The number of rotatable bonds is 10. The minimum atomic E-state index is -0.663. The van der Waals surface area contributed by atoms with E-state index in [4.69, 9.17) is 17.0 Å². The standard InChI is InChI=1S/C31H55N5O5S/c1-26(2)13-23(19-32)15-28(5,34(26)38)9-11-30(7)17-25(33-21-42)18-31(8,36(30)40)12-10-29(6)16-24(20-41-22-37)14-27(3,4)35(29)39/h23-25,37-40H,9-18,20,22H2,1-8H3. The number of ether oxygens (including phenoxy) is 1. The van der Waals surface area contributed by atoms with Crippen molar-refractivity contribution in [1.82, 2.24) is 15.2 Å². The first-order valence-electron chi connectivity index (χ1n) is 15.4. The van der Waals surface area contributed by atoms with Gasteiger partial charge in [0.25, 0.3) is 0 Å². The van der Waals surface area contributed by atoms with Gasteiger partial charge in [-0.05, 0) is 138 Å². The van der Waals surface area contributed by atoms with Gasteiger partial charge in [0.05, 0.1) is 23.9 Å². The molecule has 0 spiro atoms. The molecule has 7 atom stereocenters. The summed E-state index contributed by atoms with van der Waals surface area (Å²) in [7, 11) is 0. The third kappa shape index (κ3) is 7.26. The summed E-state index contributed by atoms with van der Waals surface area (Å²) < 4.78 is 5.35. The summed E-state index contributed by atoms with van der Waals surface area (Å²) in [4.78, 5) is 4.50. The molecule has 10 nitrogen and oxygen atoms in total. The summed E-state index contributed by atoms with van der Waals surface area (Å²) in [6.45, 7) is 16.3. The zero-order chi connectivity index (χ0) is 31.8. The highest BCUT2D eigenvalue weighted by Crippen LogP contribution is 2.49. The second-order valence-corrected chi connectivity index (χ2v) is 16.0. The van der Waals surface area contributed by atoms with Crippen LogP contribution in [-0.4, -0.2) is 93.8 Å². The van der Waals surface area contributed by atoms with E-state index in [0.717, 1.165) is 6.42 Å². The minimum Gasteiger partial charge on any atom is -0.371 e. The quantitative estimate of drug-likeness (QED) is 0.137. The van der Waals surface area contributed by atoms with Crippen molar-refractivity contribution in [3.05, 3.63) is 0 Å². The molecular formula is C31H55N5O5S. The van der Waals surface area contributed by atoms with Crippen molar-refractivity contribution in [3.63, 3.8) is 0 Å². The molecule has 0 bridgehead atoms. The Hall–Kier alpha value is -1.03. The van der Waals surface area contributed by atoms with Crippen LogP contribution in [-0.2, 0) is 4.74 Å². The summed E-state index contributed by atoms with van der Waals surface area (Å²) >= 11 is 5.00. The Kier molecular flexibility index (Phi) is 10.8. The third-order valence-corrected chi connectivity index (χ3v) is 10.9. The summed E-state index contributed by atoms with van der Waals surface area (Å²) in [5.41, 5.74) is -3.50. The van der Waals surface area contributed by atoms with E-state index in [-0.39, 0.29) is 24.7 Å². The predicted octanol–water partition coefficient (Wildman–Crippen LogP) is 5.79. The first-order valence-corrected chi connectivity index (χ1v) is 15.8. The second-order valence-electron chi connectivity index (χ2n) is 15.8. The van der Waals surface area contributed by atoms with Gasteiger partial charge in [-0.1, -0.05) is 0 Å². The number of piperidine rings is 3. The van der Waals surface area contributed by atoms with E-state index in [1.165, 1.54) is 15.2 Å². The highest BCUT2D eigenvalue weighted by atomic mass is 32.1. The first kappa shape index (κ1) is 35.4. The maximum absolute atomic E-state index is 12.0. The van der Waals surface area contributed by atoms with E-state index in [9.17, 15) is 26.0 Å². The number of aliphatic hydroxyl groups is 1. The van der Waals surface area contributed by atoms with Gasteiger partial charge in [0.2, 0.25) is 0 Å². The van der Waals surface area contributed by atoms with Gasteiger partial charge in [-0.15, -0.1) is 0 Å². The molecule has 0 saturated carbocycles. The summed E-state index contributed by atoms with van der Waals surface area (Å²) in [6.07, 6.45) is 6.20. The average molecular weight is 610 g/mol. The Balaban J connectivity index is 1.84. The zero-order valence-corrected chi connectivity index (χ0v) is 27.9. The van der Waals surface area contributed by atoms with Gasteiger partial charge in [0, 0.05) is 39.2 Å². The summed E-state index contributed by atoms with van der Waals surface area (Å²) in [6, 6.07) is 2.30. The number of nitriles is 1. The lowest BCUT2D eigenvalue weighted by molar-refractivity contribution is -0.282. The van der Waals surface area contributed by atoms with Crippen molar-refractivity contribution in [2.75, 3.05) is 13.4 Å². The van der Waals surface area contributed by atoms with Crippen LogP contribution < -0.4 is 0 Å². The lowest BCUT2D eigenvalue weighted by Gasteiger charge is -2.57. The maximum atomic E-state index is 12.0.